The second-order valence-corrected chi connectivity index (χ2v) is 9.25. The van der Waals surface area contributed by atoms with Crippen LogP contribution in [0.15, 0.2) is 47.4 Å². The highest BCUT2D eigenvalue weighted by Crippen LogP contribution is 2.27. The highest BCUT2D eigenvalue weighted by atomic mass is 35.5. The molecule has 3 rings (SSSR count). The molecule has 0 radical (unpaired) electrons. The number of sulfonamides is 1. The molecule has 0 saturated heterocycles. The Balaban J connectivity index is 1.78. The van der Waals surface area contributed by atoms with Crippen molar-refractivity contribution in [2.24, 2.45) is 0 Å². The number of anilines is 2. The Morgan fingerprint density at radius 3 is 2.45 bits per heavy atom. The molecule has 0 fully saturated rings. The second kappa shape index (κ2) is 8.40. The molecular formula is C19H18ClN3O4S2. The minimum absolute atomic E-state index is 0.0504. The number of halogens is 1. The molecule has 0 aliphatic carbocycles. The van der Waals surface area contributed by atoms with E-state index >= 15 is 0 Å². The first-order valence-electron chi connectivity index (χ1n) is 8.41. The lowest BCUT2D eigenvalue weighted by molar-refractivity contribution is 0.103. The van der Waals surface area contributed by atoms with Gasteiger partial charge >= 0.3 is 0 Å². The van der Waals surface area contributed by atoms with Crippen LogP contribution in [0.1, 0.15) is 20.9 Å². The van der Waals surface area contributed by atoms with Crippen LogP contribution in [-0.4, -0.2) is 26.4 Å². The Hall–Kier alpha value is -2.62. The van der Waals surface area contributed by atoms with Crippen molar-refractivity contribution in [3.05, 3.63) is 63.6 Å². The number of carbonyl (C=O) groups is 1. The molecule has 0 spiro atoms. The average molecular weight is 452 g/mol. The first-order chi connectivity index (χ1) is 13.7. The lowest BCUT2D eigenvalue weighted by Gasteiger charge is -2.08. The van der Waals surface area contributed by atoms with E-state index in [0.717, 1.165) is 22.6 Å². The quantitative estimate of drug-likeness (QED) is 0.576. The molecule has 1 heterocycles. The number of methoxy groups -OCH3 is 1. The Kier molecular flexibility index (Phi) is 6.11. The number of hydrogen-bond acceptors (Lipinski definition) is 6. The summed E-state index contributed by atoms with van der Waals surface area (Å²) in [7, 11) is -2.26. The smallest absolute Gasteiger partial charge is 0.267 e. The van der Waals surface area contributed by atoms with Crippen molar-refractivity contribution < 1.29 is 17.9 Å². The molecule has 3 aromatic rings. The molecule has 2 aromatic carbocycles. The largest absolute Gasteiger partial charge is 0.496 e. The predicted octanol–water partition coefficient (Wildman–Crippen LogP) is 4.48. The maximum atomic E-state index is 12.6. The molecule has 1 amide bonds. The summed E-state index contributed by atoms with van der Waals surface area (Å²) in [4.78, 5) is 17.2. The molecule has 2 N–H and O–H groups in total. The van der Waals surface area contributed by atoms with Gasteiger partial charge in [0.15, 0.2) is 5.13 Å². The third kappa shape index (κ3) is 4.87. The average Bonchev–Trinajstić information content (AvgIpc) is 3.02. The third-order valence-corrected chi connectivity index (χ3v) is 6.81. The summed E-state index contributed by atoms with van der Waals surface area (Å²) >= 11 is 6.76. The van der Waals surface area contributed by atoms with E-state index in [-0.39, 0.29) is 15.9 Å². The maximum absolute atomic E-state index is 12.6. The van der Waals surface area contributed by atoms with Gasteiger partial charge in [0.2, 0.25) is 0 Å². The molecular weight excluding hydrogens is 434 g/mol. The van der Waals surface area contributed by atoms with Crippen LogP contribution in [-0.2, 0) is 10.0 Å². The number of carbonyl (C=O) groups excluding carboxylic acids is 1. The van der Waals surface area contributed by atoms with Gasteiger partial charge in [-0.1, -0.05) is 22.9 Å². The topological polar surface area (TPSA) is 97.4 Å². The lowest BCUT2D eigenvalue weighted by atomic mass is 10.2. The van der Waals surface area contributed by atoms with Crippen LogP contribution in [0.4, 0.5) is 10.8 Å². The van der Waals surface area contributed by atoms with Crippen LogP contribution in [0.25, 0.3) is 0 Å². The van der Waals surface area contributed by atoms with E-state index in [1.54, 1.807) is 32.2 Å². The number of benzene rings is 2. The number of thiazole rings is 1. The van der Waals surface area contributed by atoms with Crippen LogP contribution < -0.4 is 14.8 Å². The highest BCUT2D eigenvalue weighted by molar-refractivity contribution is 7.93. The Morgan fingerprint density at radius 2 is 1.83 bits per heavy atom. The Labute approximate surface area is 177 Å². The Morgan fingerprint density at radius 1 is 1.14 bits per heavy atom. The molecule has 0 bridgehead atoms. The minimum Gasteiger partial charge on any atom is -0.496 e. The number of aryl methyl sites for hydroxylation is 2. The minimum atomic E-state index is -3.84. The summed E-state index contributed by atoms with van der Waals surface area (Å²) in [5, 5.41) is 3.33. The Bertz CT molecular complexity index is 1160. The summed E-state index contributed by atoms with van der Waals surface area (Å²) < 4.78 is 32.6. The summed E-state index contributed by atoms with van der Waals surface area (Å²) in [6, 6.07) is 11.0. The monoisotopic (exact) mass is 451 g/mol. The van der Waals surface area contributed by atoms with Crippen molar-refractivity contribution in [2.75, 3.05) is 17.1 Å². The van der Waals surface area contributed by atoms with Crippen molar-refractivity contribution in [3.8, 4) is 5.75 Å². The summed E-state index contributed by atoms with van der Waals surface area (Å²) in [5.41, 5.74) is 1.90. The van der Waals surface area contributed by atoms with Gasteiger partial charge in [0.25, 0.3) is 15.9 Å². The van der Waals surface area contributed by atoms with E-state index in [2.05, 4.69) is 15.0 Å². The molecule has 0 saturated carbocycles. The summed E-state index contributed by atoms with van der Waals surface area (Å²) in [5.74, 6) is 0.345. The molecule has 29 heavy (non-hydrogen) atoms. The number of ether oxygens (including phenoxy) is 1. The molecule has 0 unspecified atom stereocenters. The van der Waals surface area contributed by atoms with Crippen molar-refractivity contribution in [2.45, 2.75) is 18.7 Å². The van der Waals surface area contributed by atoms with E-state index in [9.17, 15) is 13.2 Å². The van der Waals surface area contributed by atoms with E-state index in [1.165, 1.54) is 24.3 Å². The van der Waals surface area contributed by atoms with Gasteiger partial charge in [-0.2, -0.15) is 0 Å². The third-order valence-electron chi connectivity index (χ3n) is 4.00. The fourth-order valence-corrected chi connectivity index (χ4v) is 4.80. The number of aromatic nitrogens is 1. The first kappa shape index (κ1) is 21.1. The standard InChI is InChI=1S/C19H18ClN3O4S2/c1-11-10-14(6-9-16(11)27-3)22-18(24)17-12(2)21-19(28-17)23-29(25,26)15-7-4-13(20)5-8-15/h4-10H,1-3H3,(H,21,23)(H,22,24). The zero-order chi connectivity index (χ0) is 21.2. The molecule has 10 heteroatoms. The predicted molar refractivity (Wildman–Crippen MR) is 115 cm³/mol. The van der Waals surface area contributed by atoms with Gasteiger partial charge in [-0.25, -0.2) is 13.4 Å². The second-order valence-electron chi connectivity index (χ2n) is 6.13. The number of hydrogen-bond donors (Lipinski definition) is 2. The van der Waals surface area contributed by atoms with E-state index in [1.807, 2.05) is 6.92 Å². The maximum Gasteiger partial charge on any atom is 0.267 e. The van der Waals surface area contributed by atoms with Gasteiger partial charge in [0, 0.05) is 10.7 Å². The van der Waals surface area contributed by atoms with Crippen LogP contribution in [0.5, 0.6) is 5.75 Å². The van der Waals surface area contributed by atoms with Crippen molar-refractivity contribution in [1.82, 2.24) is 4.98 Å². The molecule has 0 aliphatic rings. The van der Waals surface area contributed by atoms with E-state index < -0.39 is 10.0 Å². The lowest BCUT2D eigenvalue weighted by Crippen LogP contribution is -2.12. The first-order valence-corrected chi connectivity index (χ1v) is 11.1. The van der Waals surface area contributed by atoms with Gasteiger partial charge in [-0.15, -0.1) is 0 Å². The van der Waals surface area contributed by atoms with Crippen LogP contribution in [0.3, 0.4) is 0 Å². The highest BCUT2D eigenvalue weighted by Gasteiger charge is 2.20. The van der Waals surface area contributed by atoms with Gasteiger partial charge in [0.1, 0.15) is 10.6 Å². The van der Waals surface area contributed by atoms with Gasteiger partial charge < -0.3 is 10.1 Å². The normalized spacial score (nSPS) is 11.2. The fraction of sp³-hybridized carbons (Fsp3) is 0.158. The van der Waals surface area contributed by atoms with E-state index in [4.69, 9.17) is 16.3 Å². The van der Waals surface area contributed by atoms with Gasteiger partial charge in [0.05, 0.1) is 17.7 Å². The van der Waals surface area contributed by atoms with Gasteiger partial charge in [-0.3, -0.25) is 9.52 Å². The zero-order valence-electron chi connectivity index (χ0n) is 15.8. The molecule has 7 nitrogen and oxygen atoms in total. The van der Waals surface area contributed by atoms with E-state index in [0.29, 0.717) is 21.3 Å². The fourth-order valence-electron chi connectivity index (χ4n) is 2.58. The van der Waals surface area contributed by atoms with Gasteiger partial charge in [-0.05, 0) is 61.9 Å². The molecule has 0 atom stereocenters. The SMILES string of the molecule is COc1ccc(NC(=O)c2sc(NS(=O)(=O)c3ccc(Cl)cc3)nc2C)cc1C. The molecule has 1 aromatic heterocycles. The molecule has 152 valence electrons. The zero-order valence-corrected chi connectivity index (χ0v) is 18.2. The number of nitrogens with one attached hydrogen (secondary N) is 2. The number of nitrogens with zero attached hydrogens (tertiary/aromatic N) is 1. The molecule has 0 aliphatic heterocycles. The summed E-state index contributed by atoms with van der Waals surface area (Å²) in [6.07, 6.45) is 0. The van der Waals surface area contributed by atoms with Crippen molar-refractivity contribution in [3.63, 3.8) is 0 Å². The number of amides is 1. The van der Waals surface area contributed by atoms with Crippen LogP contribution in [0, 0.1) is 13.8 Å². The number of rotatable bonds is 6. The van der Waals surface area contributed by atoms with Crippen molar-refractivity contribution >= 4 is 49.7 Å². The summed E-state index contributed by atoms with van der Waals surface area (Å²) in [6.45, 7) is 3.51. The van der Waals surface area contributed by atoms with Crippen molar-refractivity contribution in [1.29, 1.82) is 0 Å². The van der Waals surface area contributed by atoms with Crippen LogP contribution in [0.2, 0.25) is 5.02 Å². The van der Waals surface area contributed by atoms with Crippen LogP contribution >= 0.6 is 22.9 Å².